The third-order valence-electron chi connectivity index (χ3n) is 5.95. The number of rotatable bonds is 8. The maximum absolute atomic E-state index is 12.4. The van der Waals surface area contributed by atoms with Crippen LogP contribution in [-0.2, 0) is 9.59 Å². The van der Waals surface area contributed by atoms with Gasteiger partial charge in [-0.1, -0.05) is 47.7 Å². The molecule has 5 rings (SSSR count). The number of methoxy groups -OCH3 is 1. The van der Waals surface area contributed by atoms with Crippen LogP contribution in [0.2, 0.25) is 0 Å². The third-order valence-corrected chi connectivity index (χ3v) is 7.03. The first-order valence-corrected chi connectivity index (χ1v) is 13.1. The zero-order valence-electron chi connectivity index (χ0n) is 21.4. The van der Waals surface area contributed by atoms with Gasteiger partial charge in [0.15, 0.2) is 5.17 Å². The number of nitrogens with zero attached hydrogens (tertiary/aromatic N) is 4. The van der Waals surface area contributed by atoms with Crippen LogP contribution in [0.4, 0.5) is 5.69 Å². The van der Waals surface area contributed by atoms with Gasteiger partial charge in [-0.25, -0.2) is 4.68 Å². The average molecular weight is 539 g/mol. The van der Waals surface area contributed by atoms with E-state index in [1.165, 1.54) is 11.8 Å². The molecule has 2 heterocycles. The van der Waals surface area contributed by atoms with E-state index in [1.807, 2.05) is 92.0 Å². The number of aromatic nitrogens is 2. The Balaban J connectivity index is 1.30. The number of carbonyl (C=O) groups is 2. The summed E-state index contributed by atoms with van der Waals surface area (Å²) in [6.07, 6.45) is 3.50. The van der Waals surface area contributed by atoms with Gasteiger partial charge in [-0.2, -0.15) is 10.2 Å². The molecule has 2 N–H and O–H groups in total. The molecule has 9 nitrogen and oxygen atoms in total. The number of amides is 2. The Morgan fingerprint density at radius 3 is 2.56 bits per heavy atom. The van der Waals surface area contributed by atoms with E-state index in [-0.39, 0.29) is 18.2 Å². The van der Waals surface area contributed by atoms with E-state index in [1.54, 1.807) is 18.0 Å². The molecule has 1 atom stereocenters. The lowest BCUT2D eigenvalue weighted by Gasteiger charge is -2.07. The van der Waals surface area contributed by atoms with Crippen molar-refractivity contribution in [3.8, 4) is 22.7 Å². The van der Waals surface area contributed by atoms with Crippen LogP contribution in [0.1, 0.15) is 17.5 Å². The quantitative estimate of drug-likeness (QED) is 0.247. The summed E-state index contributed by atoms with van der Waals surface area (Å²) in [5.74, 6) is 0.233. The van der Waals surface area contributed by atoms with Gasteiger partial charge in [0.1, 0.15) is 16.7 Å². The van der Waals surface area contributed by atoms with E-state index in [0.29, 0.717) is 10.9 Å². The largest absolute Gasteiger partial charge is 0.497 e. The lowest BCUT2D eigenvalue weighted by Crippen LogP contribution is -2.28. The maximum atomic E-state index is 12.4. The summed E-state index contributed by atoms with van der Waals surface area (Å²) in [6.45, 7) is 1.98. The third kappa shape index (κ3) is 6.42. The summed E-state index contributed by atoms with van der Waals surface area (Å²) in [7, 11) is 1.62. The fourth-order valence-electron chi connectivity index (χ4n) is 3.92. The molecule has 1 saturated heterocycles. The van der Waals surface area contributed by atoms with Crippen LogP contribution in [-0.4, -0.2) is 45.3 Å². The molecule has 1 aromatic heterocycles. The Kier molecular flexibility index (Phi) is 7.83. The number of nitrogens with one attached hydrogen (secondary N) is 2. The number of amidine groups is 1. The zero-order chi connectivity index (χ0) is 27.2. The van der Waals surface area contributed by atoms with E-state index >= 15 is 0 Å². The molecule has 0 radical (unpaired) electrons. The van der Waals surface area contributed by atoms with Crippen LogP contribution in [0.5, 0.6) is 5.75 Å². The Morgan fingerprint density at radius 1 is 1.10 bits per heavy atom. The van der Waals surface area contributed by atoms with Crippen LogP contribution < -0.4 is 15.4 Å². The van der Waals surface area contributed by atoms with Crippen LogP contribution in [0.15, 0.2) is 95.3 Å². The molecule has 1 unspecified atom stereocenters. The predicted molar refractivity (Wildman–Crippen MR) is 155 cm³/mol. The molecule has 0 saturated carbocycles. The fourth-order valence-corrected chi connectivity index (χ4v) is 4.84. The molecule has 10 heteroatoms. The number of ether oxygens (including phenoxy) is 1. The number of thioether (sulfide) groups is 1. The molecule has 0 spiro atoms. The number of aryl methyl sites for hydroxylation is 1. The van der Waals surface area contributed by atoms with Gasteiger partial charge in [0.05, 0.1) is 19.0 Å². The molecule has 4 aromatic rings. The van der Waals surface area contributed by atoms with Gasteiger partial charge in [0.25, 0.3) is 0 Å². The Hall–Kier alpha value is -4.70. The lowest BCUT2D eigenvalue weighted by atomic mass is 10.1. The molecule has 39 heavy (non-hydrogen) atoms. The minimum Gasteiger partial charge on any atom is -0.497 e. The van der Waals surface area contributed by atoms with E-state index < -0.39 is 5.25 Å². The van der Waals surface area contributed by atoms with Gasteiger partial charge in [0, 0.05) is 29.4 Å². The summed E-state index contributed by atoms with van der Waals surface area (Å²) >= 11 is 1.18. The highest BCUT2D eigenvalue weighted by molar-refractivity contribution is 8.15. The average Bonchev–Trinajstić information content (AvgIpc) is 3.53. The van der Waals surface area contributed by atoms with Crippen molar-refractivity contribution in [1.29, 1.82) is 0 Å². The molecular formula is C29H26N6O3S. The summed E-state index contributed by atoms with van der Waals surface area (Å²) in [4.78, 5) is 24.9. The standard InChI is InChI=1S/C29H26N6O3S/c1-19-8-12-22(13-9-19)31-26(36)16-25-28(37)32-29(39-25)33-30-17-21-18-35(23-6-4-3-5-7-23)34-27(21)20-10-14-24(38-2)15-11-20/h3-15,17-18,25H,16H2,1-2H3,(H,31,36)(H,32,33,37)/b30-17+. The molecule has 0 aliphatic carbocycles. The van der Waals surface area contributed by atoms with Crippen molar-refractivity contribution in [1.82, 2.24) is 15.1 Å². The lowest BCUT2D eigenvalue weighted by molar-refractivity contribution is -0.122. The molecule has 2 amide bonds. The first-order chi connectivity index (χ1) is 19.0. The van der Waals surface area contributed by atoms with Crippen molar-refractivity contribution in [3.05, 3.63) is 96.2 Å². The number of anilines is 1. The second-order valence-corrected chi connectivity index (χ2v) is 10.00. The highest BCUT2D eigenvalue weighted by Gasteiger charge is 2.32. The molecule has 0 bridgehead atoms. The normalized spacial score (nSPS) is 16.0. The predicted octanol–water partition coefficient (Wildman–Crippen LogP) is 4.81. The summed E-state index contributed by atoms with van der Waals surface area (Å²) < 4.78 is 7.06. The van der Waals surface area contributed by atoms with Crippen molar-refractivity contribution in [2.24, 2.45) is 10.2 Å². The van der Waals surface area contributed by atoms with Crippen molar-refractivity contribution >= 4 is 40.6 Å². The first kappa shape index (κ1) is 25.9. The van der Waals surface area contributed by atoms with Crippen LogP contribution >= 0.6 is 11.8 Å². The molecular weight excluding hydrogens is 512 g/mol. The number of para-hydroxylation sites is 1. The summed E-state index contributed by atoms with van der Waals surface area (Å²) in [5, 5.41) is 18.5. The van der Waals surface area contributed by atoms with Gasteiger partial charge in [0.2, 0.25) is 11.8 Å². The first-order valence-electron chi connectivity index (χ1n) is 12.2. The van der Waals surface area contributed by atoms with E-state index in [2.05, 4.69) is 20.8 Å². The maximum Gasteiger partial charge on any atom is 0.240 e. The minimum absolute atomic E-state index is 0.0264. The molecule has 196 valence electrons. The van der Waals surface area contributed by atoms with E-state index in [4.69, 9.17) is 9.84 Å². The Labute approximate surface area is 230 Å². The monoisotopic (exact) mass is 538 g/mol. The SMILES string of the molecule is COc1ccc(-c2nn(-c3ccccc3)cc2/C=N/N=C2/NC(=O)C(CC(=O)Nc3ccc(C)cc3)S2)cc1. The van der Waals surface area contributed by atoms with E-state index in [9.17, 15) is 9.59 Å². The number of benzene rings is 3. The highest BCUT2D eigenvalue weighted by atomic mass is 32.2. The number of hydrogen-bond acceptors (Lipinski definition) is 7. The fraction of sp³-hybridized carbons (Fsp3) is 0.138. The van der Waals surface area contributed by atoms with Crippen LogP contribution in [0, 0.1) is 6.92 Å². The van der Waals surface area contributed by atoms with Crippen molar-refractivity contribution in [3.63, 3.8) is 0 Å². The topological polar surface area (TPSA) is 110 Å². The van der Waals surface area contributed by atoms with Gasteiger partial charge in [-0.15, -0.1) is 5.10 Å². The van der Waals surface area contributed by atoms with Crippen LogP contribution in [0.25, 0.3) is 16.9 Å². The number of hydrogen-bond donors (Lipinski definition) is 2. The molecule has 1 aliphatic rings. The van der Waals surface area contributed by atoms with Crippen molar-refractivity contribution in [2.75, 3.05) is 12.4 Å². The van der Waals surface area contributed by atoms with Crippen LogP contribution in [0.3, 0.4) is 0 Å². The highest BCUT2D eigenvalue weighted by Crippen LogP contribution is 2.26. The summed E-state index contributed by atoms with van der Waals surface area (Å²) in [6, 6.07) is 24.9. The zero-order valence-corrected chi connectivity index (χ0v) is 22.2. The van der Waals surface area contributed by atoms with Gasteiger partial charge >= 0.3 is 0 Å². The second-order valence-electron chi connectivity index (χ2n) is 8.81. The Bertz CT molecular complexity index is 1530. The second kappa shape index (κ2) is 11.8. The van der Waals surface area contributed by atoms with Gasteiger partial charge in [-0.3, -0.25) is 9.59 Å². The minimum atomic E-state index is -0.583. The number of carbonyl (C=O) groups excluding carboxylic acids is 2. The van der Waals surface area contributed by atoms with E-state index in [0.717, 1.165) is 33.8 Å². The van der Waals surface area contributed by atoms with Gasteiger partial charge < -0.3 is 15.4 Å². The van der Waals surface area contributed by atoms with Crippen molar-refractivity contribution < 1.29 is 14.3 Å². The van der Waals surface area contributed by atoms with Crippen molar-refractivity contribution in [2.45, 2.75) is 18.6 Å². The Morgan fingerprint density at radius 2 is 1.85 bits per heavy atom. The summed E-state index contributed by atoms with van der Waals surface area (Å²) in [5.41, 5.74) is 5.06. The molecule has 3 aromatic carbocycles. The molecule has 1 aliphatic heterocycles. The smallest absolute Gasteiger partial charge is 0.240 e. The van der Waals surface area contributed by atoms with Gasteiger partial charge in [-0.05, 0) is 55.5 Å². The molecule has 1 fully saturated rings.